The predicted molar refractivity (Wildman–Crippen MR) is 73.1 cm³/mol. The minimum Gasteiger partial charge on any atom is -0.476 e. The molecular weight excluding hydrogens is 261 g/mol. The lowest BCUT2D eigenvalue weighted by atomic mass is 9.99. The molecule has 0 spiro atoms. The maximum absolute atomic E-state index is 13.7. The van der Waals surface area contributed by atoms with Crippen LogP contribution >= 0.6 is 0 Å². The molecule has 0 atom stereocenters. The fraction of sp³-hybridized carbons (Fsp3) is 0.467. The zero-order valence-electron chi connectivity index (χ0n) is 11.4. The fourth-order valence-corrected chi connectivity index (χ4v) is 2.53. The van der Waals surface area contributed by atoms with Crippen molar-refractivity contribution in [2.75, 3.05) is 0 Å². The van der Waals surface area contributed by atoms with Gasteiger partial charge in [0.05, 0.1) is 0 Å². The van der Waals surface area contributed by atoms with Gasteiger partial charge >= 0.3 is 5.97 Å². The average molecular weight is 279 g/mol. The summed E-state index contributed by atoms with van der Waals surface area (Å²) in [5, 5.41) is 13.0. The highest BCUT2D eigenvalue weighted by Gasteiger charge is 2.35. The summed E-state index contributed by atoms with van der Waals surface area (Å²) in [5.41, 5.74) is -0.835. The Morgan fingerprint density at radius 3 is 2.60 bits per heavy atom. The molecule has 108 valence electrons. The summed E-state index contributed by atoms with van der Waals surface area (Å²) < 4.78 is 13.7. The Morgan fingerprint density at radius 2 is 2.05 bits per heavy atom. The lowest BCUT2D eigenvalue weighted by Gasteiger charge is -2.24. The molecule has 1 aromatic carbocycles. The summed E-state index contributed by atoms with van der Waals surface area (Å²) in [6, 6.07) is 5.67. The quantitative estimate of drug-likeness (QED) is 0.664. The fourth-order valence-electron chi connectivity index (χ4n) is 2.53. The Morgan fingerprint density at radius 1 is 1.40 bits per heavy atom. The van der Waals surface area contributed by atoms with Crippen molar-refractivity contribution < 1.29 is 19.1 Å². The van der Waals surface area contributed by atoms with Gasteiger partial charge in [0.1, 0.15) is 11.4 Å². The van der Waals surface area contributed by atoms with Gasteiger partial charge in [-0.3, -0.25) is 0 Å². The number of oxime groups is 1. The van der Waals surface area contributed by atoms with Crippen LogP contribution in [-0.2, 0) is 9.63 Å². The number of aliphatic carboxylic acids is 1. The molecule has 1 N–H and O–H groups in total. The predicted octanol–water partition coefficient (Wildman–Crippen LogP) is 3.35. The van der Waals surface area contributed by atoms with Crippen LogP contribution in [-0.4, -0.2) is 22.4 Å². The van der Waals surface area contributed by atoms with Crippen LogP contribution in [0.3, 0.4) is 0 Å². The third-order valence-electron chi connectivity index (χ3n) is 3.82. The molecule has 2 rings (SSSR count). The topological polar surface area (TPSA) is 58.9 Å². The summed E-state index contributed by atoms with van der Waals surface area (Å²) in [6.07, 6.45) is 4.58. The zero-order chi connectivity index (χ0) is 14.6. The number of halogens is 1. The molecule has 1 saturated carbocycles. The van der Waals surface area contributed by atoms with E-state index in [2.05, 4.69) is 5.16 Å². The standard InChI is InChI=1S/C15H18FNO3/c1-2-15(9-5-6-10-15)20-17-13(14(18)19)11-7-3-4-8-12(11)16/h3-4,7-8H,2,5-6,9-10H2,1H3,(H,18,19). The van der Waals surface area contributed by atoms with Gasteiger partial charge in [0.2, 0.25) is 0 Å². The van der Waals surface area contributed by atoms with E-state index in [1.807, 2.05) is 6.92 Å². The highest BCUT2D eigenvalue weighted by Crippen LogP contribution is 2.36. The Bertz CT molecular complexity index is 522. The van der Waals surface area contributed by atoms with E-state index in [-0.39, 0.29) is 11.3 Å². The second-order valence-corrected chi connectivity index (χ2v) is 5.06. The van der Waals surface area contributed by atoms with Crippen LogP contribution in [0.2, 0.25) is 0 Å². The Kier molecular flexibility index (Phi) is 4.37. The molecule has 1 fully saturated rings. The van der Waals surface area contributed by atoms with Crippen LogP contribution in [0, 0.1) is 5.82 Å². The smallest absolute Gasteiger partial charge is 0.358 e. The summed E-state index contributed by atoms with van der Waals surface area (Å²) in [4.78, 5) is 16.8. The summed E-state index contributed by atoms with van der Waals surface area (Å²) in [6.45, 7) is 1.99. The third kappa shape index (κ3) is 2.98. The third-order valence-corrected chi connectivity index (χ3v) is 3.82. The minimum absolute atomic E-state index is 0.0516. The van der Waals surface area contributed by atoms with E-state index in [1.54, 1.807) is 6.07 Å². The molecule has 1 aliphatic carbocycles. The number of benzene rings is 1. The molecule has 0 bridgehead atoms. The van der Waals surface area contributed by atoms with Crippen LogP contribution in [0.15, 0.2) is 29.4 Å². The molecule has 0 aromatic heterocycles. The first-order valence-electron chi connectivity index (χ1n) is 6.82. The molecule has 20 heavy (non-hydrogen) atoms. The Labute approximate surface area is 117 Å². The minimum atomic E-state index is -1.29. The molecule has 0 radical (unpaired) electrons. The van der Waals surface area contributed by atoms with E-state index in [9.17, 15) is 14.3 Å². The number of hydrogen-bond donors (Lipinski definition) is 1. The average Bonchev–Trinajstić information content (AvgIpc) is 2.90. The Balaban J connectivity index is 2.27. The van der Waals surface area contributed by atoms with Crippen molar-refractivity contribution in [2.45, 2.75) is 44.6 Å². The number of carboxylic acids is 1. The second kappa shape index (κ2) is 6.03. The van der Waals surface area contributed by atoms with Crippen molar-refractivity contribution >= 4 is 11.7 Å². The van der Waals surface area contributed by atoms with E-state index < -0.39 is 17.4 Å². The van der Waals surface area contributed by atoms with Crippen LogP contribution in [0.1, 0.15) is 44.6 Å². The summed E-state index contributed by atoms with van der Waals surface area (Å²) in [7, 11) is 0. The monoisotopic (exact) mass is 279 g/mol. The van der Waals surface area contributed by atoms with E-state index in [0.29, 0.717) is 0 Å². The van der Waals surface area contributed by atoms with Crippen LogP contribution in [0.5, 0.6) is 0 Å². The highest BCUT2D eigenvalue weighted by atomic mass is 19.1. The normalized spacial score (nSPS) is 18.0. The molecular formula is C15H18FNO3. The van der Waals surface area contributed by atoms with E-state index in [1.165, 1.54) is 18.2 Å². The maximum atomic E-state index is 13.7. The number of carbonyl (C=O) groups is 1. The van der Waals surface area contributed by atoms with Crippen molar-refractivity contribution in [3.05, 3.63) is 35.6 Å². The Hall–Kier alpha value is -1.91. The second-order valence-electron chi connectivity index (χ2n) is 5.06. The van der Waals surface area contributed by atoms with Gasteiger partial charge in [-0.25, -0.2) is 9.18 Å². The van der Waals surface area contributed by atoms with Crippen molar-refractivity contribution in [1.29, 1.82) is 0 Å². The largest absolute Gasteiger partial charge is 0.476 e. The number of carboxylic acid groups (broad SMARTS) is 1. The van der Waals surface area contributed by atoms with Gasteiger partial charge < -0.3 is 9.94 Å². The molecule has 5 heteroatoms. The van der Waals surface area contributed by atoms with Gasteiger partial charge in [-0.15, -0.1) is 0 Å². The number of nitrogens with zero attached hydrogens (tertiary/aromatic N) is 1. The summed E-state index contributed by atoms with van der Waals surface area (Å²) in [5.74, 6) is -1.91. The van der Waals surface area contributed by atoms with E-state index in [0.717, 1.165) is 32.1 Å². The van der Waals surface area contributed by atoms with Gasteiger partial charge in [0.25, 0.3) is 0 Å². The van der Waals surface area contributed by atoms with Crippen molar-refractivity contribution in [1.82, 2.24) is 0 Å². The van der Waals surface area contributed by atoms with Gasteiger partial charge in [-0.05, 0) is 44.2 Å². The maximum Gasteiger partial charge on any atom is 0.358 e. The molecule has 0 heterocycles. The summed E-state index contributed by atoms with van der Waals surface area (Å²) >= 11 is 0. The van der Waals surface area contributed by atoms with Gasteiger partial charge in [-0.1, -0.05) is 24.2 Å². The zero-order valence-corrected chi connectivity index (χ0v) is 11.4. The first-order chi connectivity index (χ1) is 9.58. The lowest BCUT2D eigenvalue weighted by molar-refractivity contribution is -0.129. The number of rotatable bonds is 5. The first kappa shape index (κ1) is 14.5. The molecule has 1 aliphatic rings. The molecule has 0 amide bonds. The van der Waals surface area contributed by atoms with Crippen molar-refractivity contribution in [3.8, 4) is 0 Å². The van der Waals surface area contributed by atoms with Crippen LogP contribution < -0.4 is 0 Å². The molecule has 1 aromatic rings. The van der Waals surface area contributed by atoms with Crippen molar-refractivity contribution in [2.24, 2.45) is 5.16 Å². The number of hydrogen-bond acceptors (Lipinski definition) is 3. The van der Waals surface area contributed by atoms with E-state index >= 15 is 0 Å². The SMILES string of the molecule is CCC1(ON=C(C(=O)O)c2ccccc2F)CCCC1. The highest BCUT2D eigenvalue weighted by molar-refractivity contribution is 6.42. The molecule has 0 saturated heterocycles. The molecule has 0 unspecified atom stereocenters. The van der Waals surface area contributed by atoms with E-state index in [4.69, 9.17) is 4.84 Å². The van der Waals surface area contributed by atoms with Crippen LogP contribution in [0.25, 0.3) is 0 Å². The molecule has 4 nitrogen and oxygen atoms in total. The van der Waals surface area contributed by atoms with Crippen LogP contribution in [0.4, 0.5) is 4.39 Å². The molecule has 0 aliphatic heterocycles. The van der Waals surface area contributed by atoms with Crippen molar-refractivity contribution in [3.63, 3.8) is 0 Å². The lowest BCUT2D eigenvalue weighted by Crippen LogP contribution is -2.27. The van der Waals surface area contributed by atoms with Gasteiger partial charge in [0, 0.05) is 5.56 Å². The van der Waals surface area contributed by atoms with Gasteiger partial charge in [0.15, 0.2) is 5.71 Å². The van der Waals surface area contributed by atoms with Gasteiger partial charge in [-0.2, -0.15) is 0 Å². The first-order valence-corrected chi connectivity index (χ1v) is 6.82.